The Balaban J connectivity index is 2.02. The Labute approximate surface area is 149 Å². The zero-order valence-electron chi connectivity index (χ0n) is 12.9. The monoisotopic (exact) mass is 422 g/mol. The summed E-state index contributed by atoms with van der Waals surface area (Å²) in [6, 6.07) is 14.6. The molecule has 2 aromatic rings. The Hall–Kier alpha value is -1.89. The van der Waals surface area contributed by atoms with Gasteiger partial charge in [0, 0.05) is 26.9 Å². The molecule has 0 saturated heterocycles. The molecule has 2 N–H and O–H groups in total. The number of carbonyl (C=O) groups is 2. The van der Waals surface area contributed by atoms with Gasteiger partial charge in [-0.3, -0.25) is 9.59 Å². The van der Waals surface area contributed by atoms with Crippen LogP contribution in [0.25, 0.3) is 0 Å². The van der Waals surface area contributed by atoms with Gasteiger partial charge in [-0.15, -0.1) is 0 Å². The standard InChI is InChI=1S/C18H19IN2O2/c1-2-3-10-17(22)20-15-8-5-9-16(12-15)21-18(23)13-6-4-7-14(19)11-13/h4-9,11-12H,2-3,10H2,1H3,(H,20,22)(H,21,23). The smallest absolute Gasteiger partial charge is 0.255 e. The lowest BCUT2D eigenvalue weighted by Crippen LogP contribution is -2.13. The fourth-order valence-corrected chi connectivity index (χ4v) is 2.61. The second kappa shape index (κ2) is 8.67. The molecule has 0 atom stereocenters. The van der Waals surface area contributed by atoms with Gasteiger partial charge in [-0.25, -0.2) is 0 Å². The first-order valence-corrected chi connectivity index (χ1v) is 8.63. The van der Waals surface area contributed by atoms with Gasteiger partial charge in [-0.05, 0) is 65.4 Å². The number of halogens is 1. The van der Waals surface area contributed by atoms with Crippen LogP contribution in [-0.2, 0) is 4.79 Å². The van der Waals surface area contributed by atoms with Crippen molar-refractivity contribution in [3.05, 3.63) is 57.7 Å². The van der Waals surface area contributed by atoms with Crippen molar-refractivity contribution < 1.29 is 9.59 Å². The zero-order chi connectivity index (χ0) is 16.7. The molecule has 0 bridgehead atoms. The summed E-state index contributed by atoms with van der Waals surface area (Å²) >= 11 is 2.17. The molecule has 2 rings (SSSR count). The van der Waals surface area contributed by atoms with Gasteiger partial charge >= 0.3 is 0 Å². The summed E-state index contributed by atoms with van der Waals surface area (Å²) in [6.45, 7) is 2.05. The maximum Gasteiger partial charge on any atom is 0.255 e. The van der Waals surface area contributed by atoms with Crippen molar-refractivity contribution in [2.75, 3.05) is 10.6 Å². The summed E-state index contributed by atoms with van der Waals surface area (Å²) in [6.07, 6.45) is 2.36. The van der Waals surface area contributed by atoms with E-state index >= 15 is 0 Å². The van der Waals surface area contributed by atoms with Gasteiger partial charge in [0.25, 0.3) is 5.91 Å². The molecule has 120 valence electrons. The quantitative estimate of drug-likeness (QED) is 0.665. The van der Waals surface area contributed by atoms with Crippen LogP contribution in [0.3, 0.4) is 0 Å². The van der Waals surface area contributed by atoms with E-state index in [1.54, 1.807) is 24.3 Å². The number of rotatable bonds is 6. The highest BCUT2D eigenvalue weighted by Crippen LogP contribution is 2.17. The van der Waals surface area contributed by atoms with E-state index in [4.69, 9.17) is 0 Å². The highest BCUT2D eigenvalue weighted by atomic mass is 127. The lowest BCUT2D eigenvalue weighted by Gasteiger charge is -2.09. The molecule has 0 radical (unpaired) electrons. The van der Waals surface area contributed by atoms with Gasteiger partial charge in [0.1, 0.15) is 0 Å². The number of hydrogen-bond acceptors (Lipinski definition) is 2. The van der Waals surface area contributed by atoms with Crippen molar-refractivity contribution in [3.8, 4) is 0 Å². The molecular formula is C18H19IN2O2. The lowest BCUT2D eigenvalue weighted by atomic mass is 10.2. The van der Waals surface area contributed by atoms with Crippen molar-refractivity contribution in [1.82, 2.24) is 0 Å². The average Bonchev–Trinajstić information content (AvgIpc) is 2.53. The number of amides is 2. The minimum absolute atomic E-state index is 0.00654. The van der Waals surface area contributed by atoms with E-state index in [9.17, 15) is 9.59 Å². The van der Waals surface area contributed by atoms with Crippen LogP contribution in [-0.4, -0.2) is 11.8 Å². The predicted molar refractivity (Wildman–Crippen MR) is 102 cm³/mol. The van der Waals surface area contributed by atoms with Gasteiger partial charge in [0.2, 0.25) is 5.91 Å². The van der Waals surface area contributed by atoms with E-state index in [0.717, 1.165) is 16.4 Å². The highest BCUT2D eigenvalue weighted by Gasteiger charge is 2.07. The third kappa shape index (κ3) is 5.67. The van der Waals surface area contributed by atoms with Gasteiger partial charge in [-0.1, -0.05) is 25.5 Å². The van der Waals surface area contributed by atoms with Crippen molar-refractivity contribution in [1.29, 1.82) is 0 Å². The molecule has 2 amide bonds. The second-order valence-electron chi connectivity index (χ2n) is 5.20. The van der Waals surface area contributed by atoms with E-state index in [1.807, 2.05) is 31.2 Å². The molecule has 0 unspecified atom stereocenters. The first kappa shape index (κ1) is 17.5. The molecule has 0 aliphatic heterocycles. The number of benzene rings is 2. The summed E-state index contributed by atoms with van der Waals surface area (Å²) < 4.78 is 1.01. The maximum atomic E-state index is 12.2. The van der Waals surface area contributed by atoms with Crippen molar-refractivity contribution in [2.24, 2.45) is 0 Å². The zero-order valence-corrected chi connectivity index (χ0v) is 15.1. The Kier molecular flexibility index (Phi) is 6.58. The maximum absolute atomic E-state index is 12.2. The van der Waals surface area contributed by atoms with Crippen LogP contribution in [0.1, 0.15) is 36.5 Å². The molecule has 0 fully saturated rings. The Bertz CT molecular complexity index is 701. The molecule has 0 aliphatic rings. The molecule has 23 heavy (non-hydrogen) atoms. The normalized spacial score (nSPS) is 10.2. The van der Waals surface area contributed by atoms with Crippen LogP contribution < -0.4 is 10.6 Å². The van der Waals surface area contributed by atoms with Gasteiger partial charge < -0.3 is 10.6 Å². The van der Waals surface area contributed by atoms with Gasteiger partial charge in [0.05, 0.1) is 0 Å². The largest absolute Gasteiger partial charge is 0.326 e. The topological polar surface area (TPSA) is 58.2 Å². The van der Waals surface area contributed by atoms with Crippen LogP contribution in [0.5, 0.6) is 0 Å². The summed E-state index contributed by atoms with van der Waals surface area (Å²) in [5, 5.41) is 5.70. The SMILES string of the molecule is CCCCC(=O)Nc1cccc(NC(=O)c2cccc(I)c2)c1. The van der Waals surface area contributed by atoms with Crippen molar-refractivity contribution in [3.63, 3.8) is 0 Å². The number of anilines is 2. The van der Waals surface area contributed by atoms with Gasteiger partial charge in [0.15, 0.2) is 0 Å². The Morgan fingerprint density at radius 1 is 1.00 bits per heavy atom. The molecule has 0 spiro atoms. The van der Waals surface area contributed by atoms with Crippen LogP contribution in [0.2, 0.25) is 0 Å². The average molecular weight is 422 g/mol. The molecule has 4 nitrogen and oxygen atoms in total. The summed E-state index contributed by atoms with van der Waals surface area (Å²) in [5.41, 5.74) is 1.95. The summed E-state index contributed by atoms with van der Waals surface area (Å²) in [4.78, 5) is 24.0. The van der Waals surface area contributed by atoms with Crippen LogP contribution in [0.15, 0.2) is 48.5 Å². The number of hydrogen-bond donors (Lipinski definition) is 2. The molecular weight excluding hydrogens is 403 g/mol. The lowest BCUT2D eigenvalue weighted by molar-refractivity contribution is -0.116. The number of nitrogens with one attached hydrogen (secondary N) is 2. The van der Waals surface area contributed by atoms with Crippen LogP contribution in [0.4, 0.5) is 11.4 Å². The second-order valence-corrected chi connectivity index (χ2v) is 6.44. The Morgan fingerprint density at radius 3 is 2.39 bits per heavy atom. The number of carbonyl (C=O) groups excluding carboxylic acids is 2. The fraction of sp³-hybridized carbons (Fsp3) is 0.222. The first-order chi connectivity index (χ1) is 11.1. The van der Waals surface area contributed by atoms with E-state index < -0.39 is 0 Å². The van der Waals surface area contributed by atoms with Crippen LogP contribution in [0, 0.1) is 3.57 Å². The van der Waals surface area contributed by atoms with E-state index in [0.29, 0.717) is 23.4 Å². The van der Waals surface area contributed by atoms with E-state index in [1.165, 1.54) is 0 Å². The molecule has 0 aliphatic carbocycles. The third-order valence-electron chi connectivity index (χ3n) is 3.25. The van der Waals surface area contributed by atoms with Crippen molar-refractivity contribution >= 4 is 45.8 Å². The third-order valence-corrected chi connectivity index (χ3v) is 3.92. The summed E-state index contributed by atoms with van der Waals surface area (Å²) in [5.74, 6) is -0.175. The predicted octanol–water partition coefficient (Wildman–Crippen LogP) is 4.67. The minimum Gasteiger partial charge on any atom is -0.326 e. The number of unbranched alkanes of at least 4 members (excludes halogenated alkanes) is 1. The van der Waals surface area contributed by atoms with E-state index in [-0.39, 0.29) is 11.8 Å². The fourth-order valence-electron chi connectivity index (χ4n) is 2.07. The first-order valence-electron chi connectivity index (χ1n) is 7.55. The summed E-state index contributed by atoms with van der Waals surface area (Å²) in [7, 11) is 0. The molecule has 2 aromatic carbocycles. The minimum atomic E-state index is -0.169. The Morgan fingerprint density at radius 2 is 1.70 bits per heavy atom. The molecule has 5 heteroatoms. The van der Waals surface area contributed by atoms with Gasteiger partial charge in [-0.2, -0.15) is 0 Å². The van der Waals surface area contributed by atoms with E-state index in [2.05, 4.69) is 33.2 Å². The molecule has 0 aromatic heterocycles. The molecule has 0 heterocycles. The molecule has 0 saturated carbocycles. The van der Waals surface area contributed by atoms with Crippen molar-refractivity contribution in [2.45, 2.75) is 26.2 Å². The van der Waals surface area contributed by atoms with Crippen LogP contribution >= 0.6 is 22.6 Å². The highest BCUT2D eigenvalue weighted by molar-refractivity contribution is 14.1.